The number of ether oxygens (including phenoxy) is 2. The van der Waals surface area contributed by atoms with Crippen LogP contribution in [-0.4, -0.2) is 29.0 Å². The number of carbonyl (C=O) groups excluding carboxylic acids is 1. The molecule has 0 fully saturated rings. The van der Waals surface area contributed by atoms with Crippen LogP contribution < -0.4 is 4.74 Å². The van der Waals surface area contributed by atoms with Crippen molar-refractivity contribution >= 4 is 27.5 Å². The highest BCUT2D eigenvalue weighted by Crippen LogP contribution is 2.28. The quantitative estimate of drug-likeness (QED) is 0.503. The van der Waals surface area contributed by atoms with Crippen molar-refractivity contribution in [2.24, 2.45) is 7.05 Å². The average Bonchev–Trinajstić information content (AvgIpc) is 3.11. The lowest BCUT2D eigenvalue weighted by Crippen LogP contribution is -2.08. The van der Waals surface area contributed by atoms with Gasteiger partial charge >= 0.3 is 5.97 Å². The molecule has 0 aliphatic rings. The third-order valence-electron chi connectivity index (χ3n) is 3.50. The fraction of sp³-hybridized carbons (Fsp3) is 0.294. The van der Waals surface area contributed by atoms with Gasteiger partial charge in [0.2, 0.25) is 0 Å². The molecule has 0 saturated carbocycles. The number of nitrogens with zero attached hydrogens (tertiary/aromatic N) is 2. The fourth-order valence-corrected chi connectivity index (χ4v) is 3.34. The Balaban J connectivity index is 1.46. The monoisotopic (exact) mass is 348 g/mol. The predicted molar refractivity (Wildman–Crippen MR) is 90.1 cm³/mol. The van der Waals surface area contributed by atoms with Crippen molar-refractivity contribution in [1.82, 2.24) is 9.78 Å². The lowest BCUT2D eigenvalue weighted by atomic mass is 10.3. The zero-order chi connectivity index (χ0) is 17.1. The molecule has 2 aromatic heterocycles. The molecule has 0 aliphatic heterocycles. The molecule has 2 heterocycles. The van der Waals surface area contributed by atoms with E-state index in [1.165, 1.54) is 23.5 Å². The second kappa shape index (κ2) is 7.00. The SMILES string of the molecule is Cc1nn(C)c2sc(C(=O)OCCCOc3ccc(F)cc3)cc12. The number of carbonyl (C=O) groups is 1. The molecule has 3 aromatic rings. The van der Waals surface area contributed by atoms with E-state index in [4.69, 9.17) is 9.47 Å². The Labute approximate surface area is 142 Å². The number of halogens is 1. The molecular formula is C17H17FN2O3S. The minimum atomic E-state index is -0.336. The van der Waals surface area contributed by atoms with Gasteiger partial charge in [0, 0.05) is 18.9 Å². The standard InChI is InChI=1S/C17H17FN2O3S/c1-11-14-10-15(24-16(14)20(2)19-11)17(21)23-9-3-8-22-13-6-4-12(18)5-7-13/h4-7,10H,3,8-9H2,1-2H3. The largest absolute Gasteiger partial charge is 0.493 e. The summed E-state index contributed by atoms with van der Waals surface area (Å²) in [6.07, 6.45) is 0.564. The Morgan fingerprint density at radius 2 is 2.04 bits per heavy atom. The molecule has 0 saturated heterocycles. The van der Waals surface area contributed by atoms with Crippen molar-refractivity contribution in [2.75, 3.05) is 13.2 Å². The molecular weight excluding hydrogens is 331 g/mol. The summed E-state index contributed by atoms with van der Waals surface area (Å²) in [5, 5.41) is 5.29. The van der Waals surface area contributed by atoms with Crippen LogP contribution in [0.3, 0.4) is 0 Å². The Bertz CT molecular complexity index is 820. The summed E-state index contributed by atoms with van der Waals surface area (Å²) in [5.74, 6) is -0.0439. The van der Waals surface area contributed by atoms with E-state index in [0.29, 0.717) is 23.7 Å². The van der Waals surface area contributed by atoms with Crippen LogP contribution in [0.2, 0.25) is 0 Å². The summed E-state index contributed by atoms with van der Waals surface area (Å²) < 4.78 is 25.2. The summed E-state index contributed by atoms with van der Waals surface area (Å²) in [6, 6.07) is 7.63. The molecule has 5 nitrogen and oxygen atoms in total. The molecule has 1 aromatic carbocycles. The third-order valence-corrected chi connectivity index (χ3v) is 4.68. The van der Waals surface area contributed by atoms with Crippen molar-refractivity contribution in [3.63, 3.8) is 0 Å². The molecule has 3 rings (SSSR count). The maximum atomic E-state index is 12.8. The van der Waals surface area contributed by atoms with Crippen molar-refractivity contribution in [3.8, 4) is 5.75 Å². The molecule has 0 amide bonds. The number of rotatable bonds is 6. The summed E-state index contributed by atoms with van der Waals surface area (Å²) in [5.41, 5.74) is 0.899. The first-order valence-corrected chi connectivity index (χ1v) is 8.35. The third kappa shape index (κ3) is 3.56. The lowest BCUT2D eigenvalue weighted by molar-refractivity contribution is 0.0492. The Morgan fingerprint density at radius 3 is 2.75 bits per heavy atom. The zero-order valence-electron chi connectivity index (χ0n) is 13.4. The highest BCUT2D eigenvalue weighted by atomic mass is 32.1. The maximum Gasteiger partial charge on any atom is 0.348 e. The molecule has 126 valence electrons. The van der Waals surface area contributed by atoms with Gasteiger partial charge in [0.15, 0.2) is 0 Å². The first-order chi connectivity index (χ1) is 11.5. The molecule has 0 spiro atoms. The lowest BCUT2D eigenvalue weighted by Gasteiger charge is -2.06. The van der Waals surface area contributed by atoms with Gasteiger partial charge < -0.3 is 9.47 Å². The number of aryl methyl sites for hydroxylation is 2. The number of hydrogen-bond donors (Lipinski definition) is 0. The minimum absolute atomic E-state index is 0.269. The predicted octanol–water partition coefficient (Wildman–Crippen LogP) is 3.71. The summed E-state index contributed by atoms with van der Waals surface area (Å²) in [7, 11) is 1.85. The van der Waals surface area contributed by atoms with E-state index in [1.54, 1.807) is 16.8 Å². The van der Waals surface area contributed by atoms with Crippen LogP contribution in [0.25, 0.3) is 10.2 Å². The van der Waals surface area contributed by atoms with Crippen LogP contribution in [-0.2, 0) is 11.8 Å². The first kappa shape index (κ1) is 16.4. The van der Waals surface area contributed by atoms with Gasteiger partial charge in [-0.2, -0.15) is 5.10 Å². The van der Waals surface area contributed by atoms with Crippen molar-refractivity contribution in [3.05, 3.63) is 46.7 Å². The van der Waals surface area contributed by atoms with E-state index < -0.39 is 0 Å². The number of esters is 1. The van der Waals surface area contributed by atoms with E-state index >= 15 is 0 Å². The summed E-state index contributed by atoms with van der Waals surface area (Å²) >= 11 is 1.37. The summed E-state index contributed by atoms with van der Waals surface area (Å²) in [4.78, 5) is 13.6. The average molecular weight is 348 g/mol. The molecule has 7 heteroatoms. The van der Waals surface area contributed by atoms with Gasteiger partial charge in [0.1, 0.15) is 21.3 Å². The van der Waals surface area contributed by atoms with Gasteiger partial charge in [-0.25, -0.2) is 9.18 Å². The van der Waals surface area contributed by atoms with Gasteiger partial charge in [0.05, 0.1) is 18.9 Å². The van der Waals surface area contributed by atoms with Crippen LogP contribution in [0.1, 0.15) is 21.8 Å². The minimum Gasteiger partial charge on any atom is -0.493 e. The topological polar surface area (TPSA) is 53.4 Å². The fourth-order valence-electron chi connectivity index (χ4n) is 2.32. The van der Waals surface area contributed by atoms with Crippen LogP contribution in [0.15, 0.2) is 30.3 Å². The highest BCUT2D eigenvalue weighted by molar-refractivity contribution is 7.20. The van der Waals surface area contributed by atoms with Crippen LogP contribution in [0.4, 0.5) is 4.39 Å². The van der Waals surface area contributed by atoms with E-state index in [2.05, 4.69) is 5.10 Å². The van der Waals surface area contributed by atoms with Crippen molar-refractivity contribution in [2.45, 2.75) is 13.3 Å². The molecule has 0 unspecified atom stereocenters. The van der Waals surface area contributed by atoms with E-state index in [1.807, 2.05) is 20.0 Å². The Hall–Kier alpha value is -2.41. The van der Waals surface area contributed by atoms with Crippen molar-refractivity contribution in [1.29, 1.82) is 0 Å². The normalized spacial score (nSPS) is 11.0. The Morgan fingerprint density at radius 1 is 1.29 bits per heavy atom. The van der Waals surface area contributed by atoms with E-state index in [0.717, 1.165) is 15.9 Å². The number of thiophene rings is 1. The van der Waals surface area contributed by atoms with Crippen LogP contribution in [0, 0.1) is 12.7 Å². The number of aromatic nitrogens is 2. The van der Waals surface area contributed by atoms with Gasteiger partial charge in [-0.05, 0) is 37.3 Å². The molecule has 0 atom stereocenters. The van der Waals surface area contributed by atoms with E-state index in [9.17, 15) is 9.18 Å². The van der Waals surface area contributed by atoms with Crippen molar-refractivity contribution < 1.29 is 18.7 Å². The van der Waals surface area contributed by atoms with Crippen LogP contribution in [0.5, 0.6) is 5.75 Å². The molecule has 0 aliphatic carbocycles. The number of hydrogen-bond acceptors (Lipinski definition) is 5. The van der Waals surface area contributed by atoms with Gasteiger partial charge in [-0.1, -0.05) is 0 Å². The van der Waals surface area contributed by atoms with Gasteiger partial charge in [-0.15, -0.1) is 11.3 Å². The second-order valence-corrected chi connectivity index (χ2v) is 6.36. The number of benzene rings is 1. The first-order valence-electron chi connectivity index (χ1n) is 7.53. The van der Waals surface area contributed by atoms with E-state index in [-0.39, 0.29) is 18.4 Å². The van der Waals surface area contributed by atoms with Crippen LogP contribution >= 0.6 is 11.3 Å². The zero-order valence-corrected chi connectivity index (χ0v) is 14.2. The smallest absolute Gasteiger partial charge is 0.348 e. The second-order valence-electron chi connectivity index (χ2n) is 5.33. The van der Waals surface area contributed by atoms with Gasteiger partial charge in [0.25, 0.3) is 0 Å². The molecule has 0 radical (unpaired) electrons. The van der Waals surface area contributed by atoms with Gasteiger partial charge in [-0.3, -0.25) is 4.68 Å². The summed E-state index contributed by atoms with van der Waals surface area (Å²) in [6.45, 7) is 2.58. The molecule has 0 N–H and O–H groups in total. The Kier molecular flexibility index (Phi) is 4.80. The molecule has 24 heavy (non-hydrogen) atoms. The number of fused-ring (bicyclic) bond motifs is 1. The highest BCUT2D eigenvalue weighted by Gasteiger charge is 2.15. The maximum absolute atomic E-state index is 12.8. The molecule has 0 bridgehead atoms.